The van der Waals surface area contributed by atoms with Crippen LogP contribution >= 0.6 is 0 Å². The summed E-state index contributed by atoms with van der Waals surface area (Å²) in [4.78, 5) is 13.0. The molecule has 0 saturated heterocycles. The third kappa shape index (κ3) is 2.75. The van der Waals surface area contributed by atoms with Gasteiger partial charge in [0.05, 0.1) is 16.9 Å². The number of carbonyl (C=O) groups is 1. The monoisotopic (exact) mass is 315 g/mol. The van der Waals surface area contributed by atoms with E-state index in [-0.39, 0.29) is 42.2 Å². The van der Waals surface area contributed by atoms with Crippen molar-refractivity contribution in [3.05, 3.63) is 29.3 Å². The first-order valence-corrected chi connectivity index (χ1v) is 6.90. The SMILES string of the molecule is CN1C(=O)C(C)(CS(=O)(=O)O)c2cc(F)cc(F)c21.[H-].[Na+]. The van der Waals surface area contributed by atoms with Gasteiger partial charge in [-0.05, 0) is 18.6 Å². The van der Waals surface area contributed by atoms with Gasteiger partial charge < -0.3 is 6.33 Å². The number of benzene rings is 1. The summed E-state index contributed by atoms with van der Waals surface area (Å²) < 4.78 is 57.9. The number of likely N-dealkylation sites (N-methyl/N-ethyl adjacent to an activating group) is 1. The van der Waals surface area contributed by atoms with Gasteiger partial charge in [0.1, 0.15) is 11.6 Å². The van der Waals surface area contributed by atoms with Crippen LogP contribution in [0.3, 0.4) is 0 Å². The number of carbonyl (C=O) groups excluding carboxylic acids is 1. The number of fused-ring (bicyclic) bond motifs is 1. The minimum atomic E-state index is -4.48. The maximum Gasteiger partial charge on any atom is 1.00 e. The maximum absolute atomic E-state index is 13.7. The van der Waals surface area contributed by atoms with Crippen LogP contribution in [0.1, 0.15) is 13.9 Å². The number of rotatable bonds is 2. The van der Waals surface area contributed by atoms with E-state index in [0.29, 0.717) is 6.07 Å². The van der Waals surface area contributed by atoms with Crippen LogP contribution in [-0.4, -0.2) is 31.7 Å². The Labute approximate surface area is 138 Å². The fourth-order valence-corrected chi connectivity index (χ4v) is 3.43. The van der Waals surface area contributed by atoms with Crippen molar-refractivity contribution in [2.75, 3.05) is 17.7 Å². The van der Waals surface area contributed by atoms with Crippen LogP contribution in [0.5, 0.6) is 0 Å². The largest absolute Gasteiger partial charge is 1.00 e. The number of hydrogen-bond acceptors (Lipinski definition) is 3. The van der Waals surface area contributed by atoms with Crippen molar-refractivity contribution < 1.29 is 57.5 Å². The molecule has 1 aromatic carbocycles. The molecule has 2 rings (SSSR count). The summed E-state index contributed by atoms with van der Waals surface area (Å²) in [6.07, 6.45) is 0. The molecule has 0 spiro atoms. The molecule has 1 amide bonds. The van der Waals surface area contributed by atoms with E-state index in [1.54, 1.807) is 0 Å². The molecule has 0 radical (unpaired) electrons. The molecule has 1 heterocycles. The summed E-state index contributed by atoms with van der Waals surface area (Å²) in [6.45, 7) is 1.23. The smallest absolute Gasteiger partial charge is 1.00 e. The van der Waals surface area contributed by atoms with Gasteiger partial charge in [0.25, 0.3) is 10.1 Å². The summed E-state index contributed by atoms with van der Waals surface area (Å²) in [7, 11) is -3.22. The van der Waals surface area contributed by atoms with Crippen LogP contribution in [0.15, 0.2) is 12.1 Å². The van der Waals surface area contributed by atoms with Gasteiger partial charge in [0.2, 0.25) is 5.91 Å². The first-order valence-electron chi connectivity index (χ1n) is 5.29. The molecule has 1 unspecified atom stereocenters. The van der Waals surface area contributed by atoms with Gasteiger partial charge in [0, 0.05) is 13.1 Å². The Balaban J connectivity index is 0.00000200. The Morgan fingerprint density at radius 3 is 2.45 bits per heavy atom. The molecule has 20 heavy (non-hydrogen) atoms. The standard InChI is InChI=1S/C11H11F2NO4S.Na.H/c1-11(5-19(16,17)18)7-3-6(12)4-8(13)9(7)14(2)10(11)15;;/h3-4H,5H2,1-2H3,(H,16,17,18);;/q;+1;-1. The van der Waals surface area contributed by atoms with Gasteiger partial charge in [-0.25, -0.2) is 8.78 Å². The van der Waals surface area contributed by atoms with Crippen LogP contribution in [0, 0.1) is 11.6 Å². The zero-order chi connectivity index (χ0) is 14.6. The van der Waals surface area contributed by atoms with Gasteiger partial charge in [0.15, 0.2) is 0 Å². The molecule has 1 aromatic rings. The molecule has 0 fully saturated rings. The van der Waals surface area contributed by atoms with Crippen LogP contribution in [-0.2, 0) is 20.3 Å². The minimum absolute atomic E-state index is 0. The molecule has 0 aliphatic carbocycles. The second-order valence-corrected chi connectivity index (χ2v) is 6.16. The van der Waals surface area contributed by atoms with Gasteiger partial charge in [-0.1, -0.05) is 0 Å². The van der Waals surface area contributed by atoms with E-state index in [1.165, 1.54) is 14.0 Å². The number of amides is 1. The molecule has 106 valence electrons. The quantitative estimate of drug-likeness (QED) is 0.516. The second-order valence-electron chi connectivity index (χ2n) is 4.71. The average Bonchev–Trinajstić information content (AvgIpc) is 2.39. The molecular weight excluding hydrogens is 303 g/mol. The van der Waals surface area contributed by atoms with Crippen molar-refractivity contribution in [3.8, 4) is 0 Å². The number of nitrogens with zero attached hydrogens (tertiary/aromatic N) is 1. The van der Waals surface area contributed by atoms with E-state index in [1.807, 2.05) is 0 Å². The van der Waals surface area contributed by atoms with E-state index in [9.17, 15) is 22.0 Å². The fourth-order valence-electron chi connectivity index (χ4n) is 2.42. The van der Waals surface area contributed by atoms with Gasteiger partial charge in [-0.2, -0.15) is 8.42 Å². The van der Waals surface area contributed by atoms with Gasteiger partial charge in [-0.3, -0.25) is 9.35 Å². The Kier molecular flexibility index (Phi) is 4.68. The van der Waals surface area contributed by atoms with Crippen LogP contribution < -0.4 is 34.5 Å². The molecule has 0 aromatic heterocycles. The van der Waals surface area contributed by atoms with Crippen molar-refractivity contribution in [1.29, 1.82) is 0 Å². The molecule has 1 aliphatic rings. The first kappa shape index (κ1) is 17.5. The fraction of sp³-hybridized carbons (Fsp3) is 0.364. The van der Waals surface area contributed by atoms with E-state index in [4.69, 9.17) is 4.55 Å². The van der Waals surface area contributed by atoms with E-state index < -0.39 is 38.8 Å². The summed E-state index contributed by atoms with van der Waals surface area (Å²) in [6, 6.07) is 1.52. The zero-order valence-electron chi connectivity index (χ0n) is 12.1. The Hall–Kier alpha value is -0.540. The second kappa shape index (κ2) is 5.34. The van der Waals surface area contributed by atoms with Crippen LogP contribution in [0.25, 0.3) is 0 Å². The first-order chi connectivity index (χ1) is 8.56. The Morgan fingerprint density at radius 2 is 1.95 bits per heavy atom. The third-order valence-corrected chi connectivity index (χ3v) is 4.15. The maximum atomic E-state index is 13.7. The Bertz CT molecular complexity index is 685. The third-order valence-electron chi connectivity index (χ3n) is 3.21. The number of halogens is 2. The number of anilines is 1. The molecule has 1 aliphatic heterocycles. The van der Waals surface area contributed by atoms with Crippen molar-refractivity contribution in [2.45, 2.75) is 12.3 Å². The minimum Gasteiger partial charge on any atom is -1.00 e. The van der Waals surface area contributed by atoms with E-state index in [2.05, 4.69) is 0 Å². The summed E-state index contributed by atoms with van der Waals surface area (Å²) in [5.74, 6) is -3.52. The number of hydrogen-bond donors (Lipinski definition) is 1. The van der Waals surface area contributed by atoms with Crippen LogP contribution in [0.2, 0.25) is 0 Å². The van der Waals surface area contributed by atoms with Gasteiger partial charge >= 0.3 is 29.6 Å². The molecule has 0 bridgehead atoms. The summed E-state index contributed by atoms with van der Waals surface area (Å²) >= 11 is 0. The summed E-state index contributed by atoms with van der Waals surface area (Å²) in [5, 5.41) is 0. The molecule has 1 atom stereocenters. The molecule has 9 heteroatoms. The molecule has 5 nitrogen and oxygen atoms in total. The molecular formula is C11H12F2NNaO4S. The van der Waals surface area contributed by atoms with Crippen molar-refractivity contribution in [1.82, 2.24) is 0 Å². The topological polar surface area (TPSA) is 74.7 Å². The van der Waals surface area contributed by atoms with E-state index in [0.717, 1.165) is 11.0 Å². The van der Waals surface area contributed by atoms with Gasteiger partial charge in [-0.15, -0.1) is 0 Å². The zero-order valence-corrected chi connectivity index (χ0v) is 14.0. The van der Waals surface area contributed by atoms with Crippen molar-refractivity contribution in [3.63, 3.8) is 0 Å². The Morgan fingerprint density at radius 1 is 1.40 bits per heavy atom. The van der Waals surface area contributed by atoms with Crippen molar-refractivity contribution >= 4 is 21.7 Å². The molecule has 0 saturated carbocycles. The average molecular weight is 315 g/mol. The van der Waals surface area contributed by atoms with Crippen LogP contribution in [0.4, 0.5) is 14.5 Å². The summed E-state index contributed by atoms with van der Waals surface area (Å²) in [5.41, 5.74) is -1.96. The predicted octanol–water partition coefficient (Wildman–Crippen LogP) is -1.80. The van der Waals surface area contributed by atoms with E-state index >= 15 is 0 Å². The predicted molar refractivity (Wildman–Crippen MR) is 64.6 cm³/mol. The molecule has 1 N–H and O–H groups in total. The van der Waals surface area contributed by atoms with Crippen molar-refractivity contribution in [2.24, 2.45) is 0 Å². The normalized spacial score (nSPS) is 21.6.